The summed E-state index contributed by atoms with van der Waals surface area (Å²) in [6, 6.07) is 7.56. The van der Waals surface area contributed by atoms with Gasteiger partial charge in [0, 0.05) is 6.04 Å². The Labute approximate surface area is 122 Å². The molecule has 1 saturated carbocycles. The first kappa shape index (κ1) is 12.7. The monoisotopic (exact) mass is 271 g/mol. The van der Waals surface area contributed by atoms with Gasteiger partial charge in [0.05, 0.1) is 7.11 Å². The summed E-state index contributed by atoms with van der Waals surface area (Å²) >= 11 is 0. The minimum Gasteiger partial charge on any atom is -0.497 e. The highest BCUT2D eigenvalue weighted by Gasteiger charge is 2.46. The second-order valence-electron chi connectivity index (χ2n) is 6.98. The predicted octanol–water partition coefficient (Wildman–Crippen LogP) is 3.46. The molecule has 0 bridgehead atoms. The van der Waals surface area contributed by atoms with Gasteiger partial charge >= 0.3 is 0 Å². The molecule has 1 aromatic carbocycles. The van der Waals surface area contributed by atoms with Crippen LogP contribution in [0.25, 0.3) is 0 Å². The van der Waals surface area contributed by atoms with E-state index < -0.39 is 0 Å². The topological polar surface area (TPSA) is 12.5 Å². The average Bonchev–Trinajstić information content (AvgIpc) is 2.50. The molecule has 1 unspecified atom stereocenters. The molecule has 3 aliphatic rings. The Morgan fingerprint density at radius 3 is 2.95 bits per heavy atom. The summed E-state index contributed by atoms with van der Waals surface area (Å²) in [5.74, 6) is 3.67. The molecule has 0 amide bonds. The Kier molecular flexibility index (Phi) is 3.03. The van der Waals surface area contributed by atoms with E-state index in [1.807, 2.05) is 0 Å². The number of fused-ring (bicyclic) bond motifs is 2. The van der Waals surface area contributed by atoms with E-state index in [1.54, 1.807) is 18.2 Å². The van der Waals surface area contributed by atoms with Gasteiger partial charge in [-0.2, -0.15) is 0 Å². The Hall–Kier alpha value is -1.02. The van der Waals surface area contributed by atoms with Crippen molar-refractivity contribution in [3.05, 3.63) is 29.3 Å². The van der Waals surface area contributed by atoms with E-state index >= 15 is 0 Å². The molecule has 4 rings (SSSR count). The van der Waals surface area contributed by atoms with E-state index in [0.717, 1.165) is 29.5 Å². The van der Waals surface area contributed by atoms with E-state index in [9.17, 15) is 0 Å². The zero-order valence-electron chi connectivity index (χ0n) is 12.6. The van der Waals surface area contributed by atoms with Crippen molar-refractivity contribution >= 4 is 0 Å². The lowest BCUT2D eigenvalue weighted by Crippen LogP contribution is -2.53. The van der Waals surface area contributed by atoms with Gasteiger partial charge in [-0.05, 0) is 73.9 Å². The molecule has 2 nitrogen and oxygen atoms in total. The normalized spacial score (nSPS) is 36.1. The summed E-state index contributed by atoms with van der Waals surface area (Å²) in [5.41, 5.74) is 3.18. The first-order valence-corrected chi connectivity index (χ1v) is 8.15. The van der Waals surface area contributed by atoms with Gasteiger partial charge in [-0.1, -0.05) is 18.9 Å². The molecule has 0 N–H and O–H groups in total. The van der Waals surface area contributed by atoms with Crippen LogP contribution in [0.1, 0.15) is 42.7 Å². The summed E-state index contributed by atoms with van der Waals surface area (Å²) in [6.45, 7) is 1.30. The van der Waals surface area contributed by atoms with E-state index in [-0.39, 0.29) is 0 Å². The third kappa shape index (κ3) is 1.81. The Bertz CT molecular complexity index is 512. The van der Waals surface area contributed by atoms with Crippen molar-refractivity contribution in [3.8, 4) is 5.75 Å². The minimum absolute atomic E-state index is 0.778. The number of benzene rings is 1. The lowest BCUT2D eigenvalue weighted by Gasteiger charge is -2.53. The van der Waals surface area contributed by atoms with Gasteiger partial charge in [-0.3, -0.25) is 0 Å². The maximum Gasteiger partial charge on any atom is 0.119 e. The van der Waals surface area contributed by atoms with Gasteiger partial charge in [0.2, 0.25) is 0 Å². The Morgan fingerprint density at radius 2 is 2.10 bits per heavy atom. The van der Waals surface area contributed by atoms with Crippen LogP contribution in [0, 0.1) is 11.8 Å². The van der Waals surface area contributed by atoms with Gasteiger partial charge in [0.25, 0.3) is 0 Å². The number of hydrogen-bond donors (Lipinski definition) is 0. The SMILES string of the molecule is COc1ccc2c(c1)[C@@H]1CCCC3CCN(C)[C@H](C2)[C@H]31. The molecule has 0 radical (unpaired) electrons. The number of ether oxygens (including phenoxy) is 1. The number of likely N-dealkylation sites (N-methyl/N-ethyl adjacent to an activating group) is 1. The first-order chi connectivity index (χ1) is 9.78. The van der Waals surface area contributed by atoms with Crippen LogP contribution in [0.4, 0.5) is 0 Å². The van der Waals surface area contributed by atoms with Crippen molar-refractivity contribution < 1.29 is 4.74 Å². The second kappa shape index (κ2) is 4.77. The maximum atomic E-state index is 5.46. The third-order valence-electron chi connectivity index (χ3n) is 6.14. The predicted molar refractivity (Wildman–Crippen MR) is 81.3 cm³/mol. The van der Waals surface area contributed by atoms with Crippen molar-refractivity contribution in [2.45, 2.75) is 44.1 Å². The summed E-state index contributed by atoms with van der Waals surface area (Å²) in [7, 11) is 4.12. The maximum absolute atomic E-state index is 5.46. The van der Waals surface area contributed by atoms with Crippen LogP contribution in [-0.4, -0.2) is 31.6 Å². The van der Waals surface area contributed by atoms with Crippen LogP contribution < -0.4 is 4.74 Å². The highest BCUT2D eigenvalue weighted by molar-refractivity contribution is 5.41. The molecule has 0 aromatic heterocycles. The Morgan fingerprint density at radius 1 is 1.20 bits per heavy atom. The number of methoxy groups -OCH3 is 1. The lowest BCUT2D eigenvalue weighted by molar-refractivity contribution is 0.0182. The number of rotatable bonds is 1. The summed E-state index contributed by atoms with van der Waals surface area (Å²) in [6.07, 6.45) is 6.91. The van der Waals surface area contributed by atoms with E-state index in [1.165, 1.54) is 38.6 Å². The van der Waals surface area contributed by atoms with Crippen LogP contribution in [0.15, 0.2) is 18.2 Å². The van der Waals surface area contributed by atoms with Gasteiger partial charge in [-0.25, -0.2) is 0 Å². The van der Waals surface area contributed by atoms with Crippen molar-refractivity contribution in [2.75, 3.05) is 20.7 Å². The van der Waals surface area contributed by atoms with Crippen molar-refractivity contribution in [2.24, 2.45) is 11.8 Å². The summed E-state index contributed by atoms with van der Waals surface area (Å²) < 4.78 is 5.46. The zero-order chi connectivity index (χ0) is 13.7. The minimum atomic E-state index is 0.778. The number of piperidine rings is 1. The van der Waals surface area contributed by atoms with Gasteiger partial charge in [0.15, 0.2) is 0 Å². The molecule has 1 heterocycles. The van der Waals surface area contributed by atoms with Crippen LogP contribution in [0.5, 0.6) is 5.75 Å². The molecule has 2 heteroatoms. The molecular formula is C18H25NO. The van der Waals surface area contributed by atoms with Gasteiger partial charge in [-0.15, -0.1) is 0 Å². The standard InChI is InChI=1S/C18H25NO/c1-19-9-8-12-4-3-5-15-16-11-14(20-2)7-6-13(16)10-17(19)18(12)15/h6-7,11-12,15,17-18H,3-5,8-10H2,1-2H3/t12?,15-,17+,18+/m0/s1. The molecule has 0 spiro atoms. The highest BCUT2D eigenvalue weighted by atomic mass is 16.5. The van der Waals surface area contributed by atoms with Crippen LogP contribution >= 0.6 is 0 Å². The fraction of sp³-hybridized carbons (Fsp3) is 0.667. The quantitative estimate of drug-likeness (QED) is 0.775. The molecule has 2 fully saturated rings. The largest absolute Gasteiger partial charge is 0.497 e. The second-order valence-corrected chi connectivity index (χ2v) is 6.98. The number of hydrogen-bond acceptors (Lipinski definition) is 2. The van der Waals surface area contributed by atoms with Crippen LogP contribution in [0.3, 0.4) is 0 Å². The van der Waals surface area contributed by atoms with Gasteiger partial charge in [0.1, 0.15) is 5.75 Å². The highest BCUT2D eigenvalue weighted by Crippen LogP contribution is 2.52. The van der Waals surface area contributed by atoms with Crippen LogP contribution in [0.2, 0.25) is 0 Å². The van der Waals surface area contributed by atoms with E-state index in [0.29, 0.717) is 0 Å². The fourth-order valence-corrected chi connectivity index (χ4v) is 5.17. The molecule has 1 aromatic rings. The smallest absolute Gasteiger partial charge is 0.119 e. The molecule has 20 heavy (non-hydrogen) atoms. The van der Waals surface area contributed by atoms with Gasteiger partial charge < -0.3 is 9.64 Å². The molecule has 2 aliphatic carbocycles. The van der Waals surface area contributed by atoms with E-state index in [4.69, 9.17) is 4.74 Å². The van der Waals surface area contributed by atoms with Crippen molar-refractivity contribution in [1.82, 2.24) is 4.90 Å². The summed E-state index contributed by atoms with van der Waals surface area (Å²) in [5, 5.41) is 0. The number of likely N-dealkylation sites (tertiary alicyclic amines) is 1. The molecule has 108 valence electrons. The Balaban J connectivity index is 1.78. The summed E-state index contributed by atoms with van der Waals surface area (Å²) in [4.78, 5) is 2.63. The molecular weight excluding hydrogens is 246 g/mol. The lowest BCUT2D eigenvalue weighted by atomic mass is 9.59. The van der Waals surface area contributed by atoms with Crippen LogP contribution in [-0.2, 0) is 6.42 Å². The number of nitrogens with zero attached hydrogens (tertiary/aromatic N) is 1. The van der Waals surface area contributed by atoms with E-state index in [2.05, 4.69) is 30.1 Å². The van der Waals surface area contributed by atoms with Crippen molar-refractivity contribution in [1.29, 1.82) is 0 Å². The van der Waals surface area contributed by atoms with Crippen molar-refractivity contribution in [3.63, 3.8) is 0 Å². The molecule has 1 saturated heterocycles. The average molecular weight is 271 g/mol. The first-order valence-electron chi connectivity index (χ1n) is 8.15. The third-order valence-corrected chi connectivity index (χ3v) is 6.14. The molecule has 4 atom stereocenters. The zero-order valence-corrected chi connectivity index (χ0v) is 12.6. The fourth-order valence-electron chi connectivity index (χ4n) is 5.17. The molecule has 1 aliphatic heterocycles.